The molecule has 138 valence electrons. The molecule has 0 radical (unpaired) electrons. The third-order valence-electron chi connectivity index (χ3n) is 4.54. The van der Waals surface area contributed by atoms with Gasteiger partial charge in [0.1, 0.15) is 5.75 Å². The van der Waals surface area contributed by atoms with Crippen molar-refractivity contribution in [1.29, 1.82) is 0 Å². The summed E-state index contributed by atoms with van der Waals surface area (Å²) in [6.07, 6.45) is 1.11. The van der Waals surface area contributed by atoms with Gasteiger partial charge in [-0.3, -0.25) is 4.99 Å². The maximum Gasteiger partial charge on any atom is 0.191 e. The number of anilines is 1. The summed E-state index contributed by atoms with van der Waals surface area (Å²) in [5, 5.41) is 6.94. The van der Waals surface area contributed by atoms with Crippen molar-refractivity contribution in [2.45, 2.75) is 25.9 Å². The number of nitrogens with one attached hydrogen (secondary N) is 2. The summed E-state index contributed by atoms with van der Waals surface area (Å²) in [5.74, 6) is 1.75. The molecule has 2 N–H and O–H groups in total. The lowest BCUT2D eigenvalue weighted by Crippen LogP contribution is -2.44. The number of ether oxygens (including phenoxy) is 1. The van der Waals surface area contributed by atoms with Crippen molar-refractivity contribution in [2.75, 3.05) is 31.6 Å². The van der Waals surface area contributed by atoms with E-state index in [1.807, 2.05) is 26.1 Å². The quantitative estimate of drug-likeness (QED) is 0.620. The van der Waals surface area contributed by atoms with E-state index in [0.29, 0.717) is 12.6 Å². The van der Waals surface area contributed by atoms with Gasteiger partial charge >= 0.3 is 0 Å². The van der Waals surface area contributed by atoms with Crippen molar-refractivity contribution in [3.63, 3.8) is 0 Å². The lowest BCUT2D eigenvalue weighted by atomic mass is 10.2. The molecule has 0 amide bonds. The number of aliphatic imine (C=N–C) groups is 1. The van der Waals surface area contributed by atoms with Gasteiger partial charge in [-0.1, -0.05) is 30.3 Å². The van der Waals surface area contributed by atoms with Gasteiger partial charge in [-0.05, 0) is 43.2 Å². The first-order chi connectivity index (χ1) is 12.8. The molecule has 0 bridgehead atoms. The molecular formula is C21H28N4O. The molecule has 1 heterocycles. The first kappa shape index (κ1) is 18.1. The maximum atomic E-state index is 5.56. The topological polar surface area (TPSA) is 48.9 Å². The molecule has 2 aromatic carbocycles. The molecule has 1 fully saturated rings. The molecule has 5 nitrogen and oxygen atoms in total. The summed E-state index contributed by atoms with van der Waals surface area (Å²) in [7, 11) is 1.82. The Hall–Kier alpha value is -2.69. The molecule has 2 aromatic rings. The Morgan fingerprint density at radius 2 is 2.04 bits per heavy atom. The Morgan fingerprint density at radius 1 is 1.19 bits per heavy atom. The highest BCUT2D eigenvalue weighted by Crippen LogP contribution is 2.19. The van der Waals surface area contributed by atoms with Gasteiger partial charge in [0.25, 0.3) is 0 Å². The zero-order chi connectivity index (χ0) is 18.2. The summed E-state index contributed by atoms with van der Waals surface area (Å²) in [6.45, 7) is 5.45. The second-order valence-electron chi connectivity index (χ2n) is 6.42. The van der Waals surface area contributed by atoms with Crippen LogP contribution < -0.4 is 20.3 Å². The molecule has 1 aliphatic heterocycles. The van der Waals surface area contributed by atoms with Crippen molar-refractivity contribution in [3.8, 4) is 5.75 Å². The van der Waals surface area contributed by atoms with Crippen molar-refractivity contribution < 1.29 is 4.74 Å². The van der Waals surface area contributed by atoms with Gasteiger partial charge in [0.05, 0.1) is 6.61 Å². The standard InChI is InChI=1S/C21H28N4O/c1-3-26-20-11-7-8-17(14-20)15-23-21(22-2)24-18-12-13-25(16-18)19-9-5-4-6-10-19/h4-11,14,18H,3,12-13,15-16H2,1-2H3,(H2,22,23,24). The van der Waals surface area contributed by atoms with E-state index in [2.05, 4.69) is 63.0 Å². The van der Waals surface area contributed by atoms with Crippen LogP contribution in [0.4, 0.5) is 5.69 Å². The largest absolute Gasteiger partial charge is 0.494 e. The Kier molecular flexibility index (Phi) is 6.36. The van der Waals surface area contributed by atoms with Crippen LogP contribution >= 0.6 is 0 Å². The third-order valence-corrected chi connectivity index (χ3v) is 4.54. The number of para-hydroxylation sites is 1. The average molecular weight is 352 g/mol. The Balaban J connectivity index is 1.50. The van der Waals surface area contributed by atoms with Crippen LogP contribution in [0.5, 0.6) is 5.75 Å². The van der Waals surface area contributed by atoms with Gasteiger partial charge in [-0.25, -0.2) is 0 Å². The molecule has 3 rings (SSSR count). The first-order valence-electron chi connectivity index (χ1n) is 9.27. The number of rotatable bonds is 6. The maximum absolute atomic E-state index is 5.56. The number of hydrogen-bond acceptors (Lipinski definition) is 3. The monoisotopic (exact) mass is 352 g/mol. The lowest BCUT2D eigenvalue weighted by molar-refractivity contribution is 0.340. The molecule has 0 spiro atoms. The van der Waals surface area contributed by atoms with E-state index in [-0.39, 0.29) is 0 Å². The summed E-state index contributed by atoms with van der Waals surface area (Å²) in [6, 6.07) is 19.1. The zero-order valence-electron chi connectivity index (χ0n) is 15.6. The normalized spacial score (nSPS) is 17.2. The van der Waals surface area contributed by atoms with Crippen LogP contribution in [0.15, 0.2) is 59.6 Å². The van der Waals surface area contributed by atoms with Gasteiger partial charge in [-0.15, -0.1) is 0 Å². The fourth-order valence-electron chi connectivity index (χ4n) is 3.24. The molecule has 1 saturated heterocycles. The zero-order valence-corrected chi connectivity index (χ0v) is 15.6. The van der Waals surface area contributed by atoms with Gasteiger partial charge in [-0.2, -0.15) is 0 Å². The van der Waals surface area contributed by atoms with Gasteiger partial charge in [0.15, 0.2) is 5.96 Å². The van der Waals surface area contributed by atoms with E-state index in [4.69, 9.17) is 4.74 Å². The van der Waals surface area contributed by atoms with E-state index in [1.54, 1.807) is 0 Å². The molecular weight excluding hydrogens is 324 g/mol. The van der Waals surface area contributed by atoms with Crippen LogP contribution in [0.2, 0.25) is 0 Å². The molecule has 0 aliphatic carbocycles. The molecule has 1 unspecified atom stereocenters. The highest BCUT2D eigenvalue weighted by Gasteiger charge is 2.23. The molecule has 1 aliphatic rings. The van der Waals surface area contributed by atoms with Gasteiger partial charge < -0.3 is 20.3 Å². The van der Waals surface area contributed by atoms with E-state index in [0.717, 1.165) is 37.8 Å². The van der Waals surface area contributed by atoms with Crippen molar-refractivity contribution in [1.82, 2.24) is 10.6 Å². The smallest absolute Gasteiger partial charge is 0.191 e. The Morgan fingerprint density at radius 3 is 2.81 bits per heavy atom. The predicted octanol–water partition coefficient (Wildman–Crippen LogP) is 3.03. The SMILES string of the molecule is CCOc1cccc(CNC(=NC)NC2CCN(c3ccccc3)C2)c1. The van der Waals surface area contributed by atoms with Crippen LogP contribution in [0, 0.1) is 0 Å². The highest BCUT2D eigenvalue weighted by molar-refractivity contribution is 5.80. The minimum absolute atomic E-state index is 0.399. The van der Waals surface area contributed by atoms with E-state index >= 15 is 0 Å². The molecule has 1 atom stereocenters. The van der Waals surface area contributed by atoms with Crippen molar-refractivity contribution >= 4 is 11.6 Å². The molecule has 0 saturated carbocycles. The summed E-state index contributed by atoms with van der Waals surface area (Å²) < 4.78 is 5.56. The fraction of sp³-hybridized carbons (Fsp3) is 0.381. The number of nitrogens with zero attached hydrogens (tertiary/aromatic N) is 2. The number of guanidine groups is 1. The second kappa shape index (κ2) is 9.13. The highest BCUT2D eigenvalue weighted by atomic mass is 16.5. The summed E-state index contributed by atoms with van der Waals surface area (Å²) >= 11 is 0. The molecule has 5 heteroatoms. The van der Waals surface area contributed by atoms with Crippen LogP contribution in [-0.4, -0.2) is 38.7 Å². The minimum Gasteiger partial charge on any atom is -0.494 e. The summed E-state index contributed by atoms with van der Waals surface area (Å²) in [5.41, 5.74) is 2.46. The molecule has 0 aromatic heterocycles. The average Bonchev–Trinajstić information content (AvgIpc) is 3.15. The van der Waals surface area contributed by atoms with Gasteiger partial charge in [0.2, 0.25) is 0 Å². The molecule has 26 heavy (non-hydrogen) atoms. The Labute approximate surface area is 156 Å². The van der Waals surface area contributed by atoms with Crippen LogP contribution in [0.3, 0.4) is 0 Å². The fourth-order valence-corrected chi connectivity index (χ4v) is 3.24. The van der Waals surface area contributed by atoms with Crippen molar-refractivity contribution in [2.24, 2.45) is 4.99 Å². The van der Waals surface area contributed by atoms with E-state index in [9.17, 15) is 0 Å². The summed E-state index contributed by atoms with van der Waals surface area (Å²) in [4.78, 5) is 6.78. The number of benzene rings is 2. The Bertz CT molecular complexity index is 717. The van der Waals surface area contributed by atoms with E-state index in [1.165, 1.54) is 11.3 Å². The predicted molar refractivity (Wildman–Crippen MR) is 108 cm³/mol. The van der Waals surface area contributed by atoms with Crippen LogP contribution in [-0.2, 0) is 6.54 Å². The third kappa shape index (κ3) is 4.91. The second-order valence-corrected chi connectivity index (χ2v) is 6.42. The van der Waals surface area contributed by atoms with Crippen LogP contribution in [0.1, 0.15) is 18.9 Å². The van der Waals surface area contributed by atoms with Crippen molar-refractivity contribution in [3.05, 3.63) is 60.2 Å². The first-order valence-corrected chi connectivity index (χ1v) is 9.27. The van der Waals surface area contributed by atoms with Crippen LogP contribution in [0.25, 0.3) is 0 Å². The van der Waals surface area contributed by atoms with Gasteiger partial charge in [0, 0.05) is 38.4 Å². The lowest BCUT2D eigenvalue weighted by Gasteiger charge is -2.20. The van der Waals surface area contributed by atoms with E-state index < -0.39 is 0 Å². The minimum atomic E-state index is 0.399. The number of hydrogen-bond donors (Lipinski definition) is 2.